The minimum Gasteiger partial charge on any atom is -0.372 e. The van der Waals surface area contributed by atoms with Crippen LogP contribution in [0.3, 0.4) is 0 Å². The van der Waals surface area contributed by atoms with E-state index in [1.807, 2.05) is 42.5 Å². The molecule has 0 radical (unpaired) electrons. The van der Waals surface area contributed by atoms with Crippen molar-refractivity contribution in [3.63, 3.8) is 0 Å². The van der Waals surface area contributed by atoms with Crippen molar-refractivity contribution in [1.29, 1.82) is 0 Å². The summed E-state index contributed by atoms with van der Waals surface area (Å²) in [6.07, 6.45) is 3.52. The molecule has 2 aromatic carbocycles. The maximum atomic E-state index is 12.2. The molecule has 0 saturated heterocycles. The normalized spacial score (nSPS) is 10.9. The second-order valence-corrected chi connectivity index (χ2v) is 6.10. The minimum atomic E-state index is 0.0396. The predicted molar refractivity (Wildman–Crippen MR) is 103 cm³/mol. The van der Waals surface area contributed by atoms with Crippen LogP contribution in [-0.4, -0.2) is 18.9 Å². The zero-order chi connectivity index (χ0) is 15.9. The Morgan fingerprint density at radius 1 is 1.05 bits per heavy atom. The number of allylic oxidation sites excluding steroid dienone is 1. The molecule has 0 atom stereocenters. The average molecular weight is 405 g/mol. The van der Waals surface area contributed by atoms with E-state index >= 15 is 0 Å². The van der Waals surface area contributed by atoms with Crippen LogP contribution in [0.4, 0.5) is 5.69 Å². The third-order valence-corrected chi connectivity index (χ3v) is 4.53. The number of benzene rings is 2. The summed E-state index contributed by atoms with van der Waals surface area (Å²) in [6.45, 7) is 6.29. The highest BCUT2D eigenvalue weighted by molar-refractivity contribution is 14.1. The van der Waals surface area contributed by atoms with Gasteiger partial charge in [-0.3, -0.25) is 4.79 Å². The zero-order valence-corrected chi connectivity index (χ0v) is 15.1. The van der Waals surface area contributed by atoms with E-state index in [9.17, 15) is 4.79 Å². The van der Waals surface area contributed by atoms with E-state index in [0.29, 0.717) is 0 Å². The molecule has 2 aromatic rings. The molecule has 0 aliphatic rings. The molecule has 0 saturated carbocycles. The molecule has 0 N–H and O–H groups in total. The van der Waals surface area contributed by atoms with Crippen molar-refractivity contribution in [2.75, 3.05) is 18.0 Å². The molecule has 114 valence electrons. The molecule has 2 nitrogen and oxygen atoms in total. The Balaban J connectivity index is 2.10. The third-order valence-electron chi connectivity index (χ3n) is 3.59. The Morgan fingerprint density at radius 2 is 1.68 bits per heavy atom. The summed E-state index contributed by atoms with van der Waals surface area (Å²) < 4.78 is 0.978. The van der Waals surface area contributed by atoms with E-state index < -0.39 is 0 Å². The van der Waals surface area contributed by atoms with Gasteiger partial charge in [0.05, 0.1) is 0 Å². The standard InChI is InChI=1S/C19H20INO/c1-3-21(4-2)16-12-9-15(10-13-16)11-14-19(22)17-7-5-6-8-18(17)20/h5-14H,3-4H2,1-2H3/b14-11+. The van der Waals surface area contributed by atoms with E-state index in [0.717, 1.165) is 27.8 Å². The van der Waals surface area contributed by atoms with Gasteiger partial charge >= 0.3 is 0 Å². The molecule has 0 heterocycles. The van der Waals surface area contributed by atoms with Gasteiger partial charge in [-0.25, -0.2) is 0 Å². The summed E-state index contributed by atoms with van der Waals surface area (Å²) in [5, 5.41) is 0. The summed E-state index contributed by atoms with van der Waals surface area (Å²) in [5.41, 5.74) is 3.00. The number of halogens is 1. The van der Waals surface area contributed by atoms with Crippen LogP contribution >= 0.6 is 22.6 Å². The Bertz CT molecular complexity index is 657. The molecule has 22 heavy (non-hydrogen) atoms. The van der Waals surface area contributed by atoms with Gasteiger partial charge in [0.25, 0.3) is 0 Å². The fourth-order valence-corrected chi connectivity index (χ4v) is 2.96. The van der Waals surface area contributed by atoms with Gasteiger partial charge in [-0.15, -0.1) is 0 Å². The summed E-state index contributed by atoms with van der Waals surface area (Å²) >= 11 is 2.19. The lowest BCUT2D eigenvalue weighted by molar-refractivity contribution is 0.104. The van der Waals surface area contributed by atoms with Gasteiger partial charge in [0.1, 0.15) is 0 Å². The van der Waals surface area contributed by atoms with Crippen molar-refractivity contribution >= 4 is 40.1 Å². The first-order valence-corrected chi connectivity index (χ1v) is 8.55. The van der Waals surface area contributed by atoms with E-state index in [2.05, 4.69) is 53.5 Å². The van der Waals surface area contributed by atoms with Gasteiger partial charge in [-0.05, 0) is 72.3 Å². The first-order valence-electron chi connectivity index (χ1n) is 7.47. The van der Waals surface area contributed by atoms with E-state index in [1.54, 1.807) is 6.08 Å². The number of nitrogens with zero attached hydrogens (tertiary/aromatic N) is 1. The minimum absolute atomic E-state index is 0.0396. The molecular formula is C19H20INO. The zero-order valence-electron chi connectivity index (χ0n) is 12.9. The molecule has 0 aliphatic heterocycles. The monoisotopic (exact) mass is 405 g/mol. The van der Waals surface area contributed by atoms with Gasteiger partial charge in [0.2, 0.25) is 0 Å². The van der Waals surface area contributed by atoms with Crippen LogP contribution in [0.1, 0.15) is 29.8 Å². The fourth-order valence-electron chi connectivity index (χ4n) is 2.31. The largest absolute Gasteiger partial charge is 0.372 e. The summed E-state index contributed by atoms with van der Waals surface area (Å²) in [6, 6.07) is 15.9. The van der Waals surface area contributed by atoms with Crippen molar-refractivity contribution in [3.05, 3.63) is 69.3 Å². The van der Waals surface area contributed by atoms with Crippen LogP contribution in [0.25, 0.3) is 6.08 Å². The number of hydrogen-bond donors (Lipinski definition) is 0. The van der Waals surface area contributed by atoms with Crippen LogP contribution in [0.15, 0.2) is 54.6 Å². The van der Waals surface area contributed by atoms with Crippen LogP contribution in [0.5, 0.6) is 0 Å². The number of ketones is 1. The van der Waals surface area contributed by atoms with Crippen LogP contribution < -0.4 is 4.90 Å². The van der Waals surface area contributed by atoms with Crippen molar-refractivity contribution in [3.8, 4) is 0 Å². The highest BCUT2D eigenvalue weighted by Gasteiger charge is 2.05. The van der Waals surface area contributed by atoms with Crippen LogP contribution in [-0.2, 0) is 0 Å². The predicted octanol–water partition coefficient (Wildman–Crippen LogP) is 5.03. The van der Waals surface area contributed by atoms with Crippen molar-refractivity contribution in [2.24, 2.45) is 0 Å². The molecule has 3 heteroatoms. The SMILES string of the molecule is CCN(CC)c1ccc(/C=C/C(=O)c2ccccc2I)cc1. The highest BCUT2D eigenvalue weighted by Crippen LogP contribution is 2.17. The third kappa shape index (κ3) is 4.19. The topological polar surface area (TPSA) is 20.3 Å². The average Bonchev–Trinajstić information content (AvgIpc) is 2.55. The van der Waals surface area contributed by atoms with Gasteiger partial charge in [0, 0.05) is 27.9 Å². The van der Waals surface area contributed by atoms with Crippen molar-refractivity contribution in [1.82, 2.24) is 0 Å². The molecule has 0 spiro atoms. The van der Waals surface area contributed by atoms with Crippen molar-refractivity contribution < 1.29 is 4.79 Å². The number of hydrogen-bond acceptors (Lipinski definition) is 2. The first kappa shape index (κ1) is 16.7. The second kappa shape index (κ2) is 8.13. The highest BCUT2D eigenvalue weighted by atomic mass is 127. The van der Waals surface area contributed by atoms with E-state index in [4.69, 9.17) is 0 Å². The Hall–Kier alpha value is -1.62. The lowest BCUT2D eigenvalue weighted by atomic mass is 10.1. The van der Waals surface area contributed by atoms with Crippen molar-refractivity contribution in [2.45, 2.75) is 13.8 Å². The molecule has 0 aliphatic carbocycles. The van der Waals surface area contributed by atoms with Gasteiger partial charge < -0.3 is 4.90 Å². The fraction of sp³-hybridized carbons (Fsp3) is 0.211. The number of carbonyl (C=O) groups excluding carboxylic acids is 1. The second-order valence-electron chi connectivity index (χ2n) is 4.94. The lowest BCUT2D eigenvalue weighted by Gasteiger charge is -2.20. The number of rotatable bonds is 6. The first-order chi connectivity index (χ1) is 10.7. The molecule has 0 unspecified atom stereocenters. The van der Waals surface area contributed by atoms with E-state index in [1.165, 1.54) is 5.69 Å². The quantitative estimate of drug-likeness (QED) is 0.382. The Kier molecular flexibility index (Phi) is 6.19. The summed E-state index contributed by atoms with van der Waals surface area (Å²) in [7, 11) is 0. The molecule has 0 aromatic heterocycles. The smallest absolute Gasteiger partial charge is 0.186 e. The number of anilines is 1. The molecule has 0 bridgehead atoms. The van der Waals surface area contributed by atoms with Gasteiger partial charge in [-0.1, -0.05) is 30.3 Å². The molecule has 0 amide bonds. The Labute approximate surface area is 146 Å². The summed E-state index contributed by atoms with van der Waals surface area (Å²) in [4.78, 5) is 14.5. The lowest BCUT2D eigenvalue weighted by Crippen LogP contribution is -2.21. The molecular weight excluding hydrogens is 385 g/mol. The van der Waals surface area contributed by atoms with Crippen LogP contribution in [0.2, 0.25) is 0 Å². The summed E-state index contributed by atoms with van der Waals surface area (Å²) in [5.74, 6) is 0.0396. The van der Waals surface area contributed by atoms with E-state index in [-0.39, 0.29) is 5.78 Å². The Morgan fingerprint density at radius 3 is 2.27 bits per heavy atom. The van der Waals surface area contributed by atoms with Gasteiger partial charge in [-0.2, -0.15) is 0 Å². The van der Waals surface area contributed by atoms with Crippen LogP contribution in [0, 0.1) is 3.57 Å². The number of carbonyl (C=O) groups is 1. The molecule has 2 rings (SSSR count). The maximum absolute atomic E-state index is 12.2. The molecule has 0 fully saturated rings. The van der Waals surface area contributed by atoms with Gasteiger partial charge in [0.15, 0.2) is 5.78 Å². The maximum Gasteiger partial charge on any atom is 0.186 e.